The van der Waals surface area contributed by atoms with Crippen molar-refractivity contribution in [2.75, 3.05) is 25.5 Å². The number of amides is 3. The Kier molecular flexibility index (Phi) is 17.0. The standard InChI is InChI=1S/C59H88N6O6S/c1-37(2)14-13-15-38(3)44-21-22-45-43-20-18-40-34-39(24-28-58(40,8)46(43)25-29-59(44,45)9)57(6,7)69-33-30-56(4,5)65-52(66)27-32-62-55(68)71-50-17-12-11-16-47(50)63-54-64-48-23-19-41(36-51(48)72-54)70-42-26-31-61-49(35-42)53(67)60-10/h18-19,23,26,31,35-39,43-47,50H,11-17,20-22,24-25,27-30,32-34H2,1-10H3,(H,60,67)(H,62,68)(H,63,64)(H,65,66)/t38-,39?,43?,44-,45?,46?,47+,50+,58+,59-/m1/s1. The highest BCUT2D eigenvalue weighted by Gasteiger charge is 2.59. The van der Waals surface area contributed by atoms with Crippen molar-refractivity contribution in [2.24, 2.45) is 52.3 Å². The number of rotatable bonds is 20. The van der Waals surface area contributed by atoms with Gasteiger partial charge < -0.3 is 35.5 Å². The van der Waals surface area contributed by atoms with Crippen LogP contribution in [0.5, 0.6) is 11.5 Å². The quantitative estimate of drug-likeness (QED) is 0.0810. The van der Waals surface area contributed by atoms with Gasteiger partial charge in [-0.3, -0.25) is 14.6 Å². The maximum Gasteiger partial charge on any atom is 0.407 e. The fourth-order valence-electron chi connectivity index (χ4n) is 14.4. The average Bonchev–Trinajstić information content (AvgIpc) is 3.91. The van der Waals surface area contributed by atoms with Crippen LogP contribution in [0, 0.1) is 52.3 Å². The fourth-order valence-corrected chi connectivity index (χ4v) is 15.3. The number of anilines is 1. The summed E-state index contributed by atoms with van der Waals surface area (Å²) in [5.74, 6) is 6.29. The molecule has 8 rings (SSSR count). The molecule has 0 spiro atoms. The molecule has 0 saturated heterocycles. The largest absolute Gasteiger partial charge is 0.457 e. The lowest BCUT2D eigenvalue weighted by Crippen LogP contribution is -2.51. The number of nitrogens with zero attached hydrogens (tertiary/aromatic N) is 2. The maximum absolute atomic E-state index is 13.2. The number of benzene rings is 1. The second-order valence-electron chi connectivity index (χ2n) is 24.7. The molecule has 2 heterocycles. The van der Waals surface area contributed by atoms with Gasteiger partial charge in [0.25, 0.3) is 5.91 Å². The number of aromatic nitrogens is 2. The maximum atomic E-state index is 13.2. The Morgan fingerprint density at radius 2 is 1.71 bits per heavy atom. The van der Waals surface area contributed by atoms with Crippen molar-refractivity contribution in [1.82, 2.24) is 25.9 Å². The van der Waals surface area contributed by atoms with Gasteiger partial charge in [0.05, 0.1) is 21.9 Å². The van der Waals surface area contributed by atoms with Gasteiger partial charge in [0.2, 0.25) is 5.91 Å². The summed E-state index contributed by atoms with van der Waals surface area (Å²) in [6.07, 6.45) is 22.5. The predicted octanol–water partition coefficient (Wildman–Crippen LogP) is 13.4. The molecule has 0 aliphatic heterocycles. The predicted molar refractivity (Wildman–Crippen MR) is 289 cm³/mol. The van der Waals surface area contributed by atoms with E-state index in [9.17, 15) is 14.4 Å². The van der Waals surface area contributed by atoms with Gasteiger partial charge in [-0.2, -0.15) is 0 Å². The van der Waals surface area contributed by atoms with E-state index in [0.717, 1.165) is 83.0 Å². The van der Waals surface area contributed by atoms with E-state index in [1.807, 2.05) is 18.2 Å². The first kappa shape index (κ1) is 54.0. The highest BCUT2D eigenvalue weighted by atomic mass is 32.1. The zero-order valence-electron chi connectivity index (χ0n) is 45.4. The molecule has 1 aromatic carbocycles. The molecule has 4 unspecified atom stereocenters. The average molecular weight is 1010 g/mol. The topological polar surface area (TPSA) is 153 Å². The Bertz CT molecular complexity index is 2400. The molecule has 3 aromatic rings. The Balaban J connectivity index is 0.750. The first-order valence-corrected chi connectivity index (χ1v) is 28.7. The number of nitrogens with one attached hydrogen (secondary N) is 4. The van der Waals surface area contributed by atoms with Gasteiger partial charge in [0.1, 0.15) is 23.3 Å². The van der Waals surface area contributed by atoms with E-state index in [0.29, 0.717) is 41.3 Å². The number of carbonyl (C=O) groups excluding carboxylic acids is 3. The first-order valence-electron chi connectivity index (χ1n) is 27.9. The van der Waals surface area contributed by atoms with Gasteiger partial charge in [0, 0.05) is 50.5 Å². The van der Waals surface area contributed by atoms with E-state index < -0.39 is 11.6 Å². The lowest BCUT2D eigenvalue weighted by molar-refractivity contribution is -0.123. The lowest BCUT2D eigenvalue weighted by atomic mass is 9.46. The number of carbonyl (C=O) groups is 3. The van der Waals surface area contributed by atoms with Crippen molar-refractivity contribution in [2.45, 2.75) is 195 Å². The van der Waals surface area contributed by atoms with Crippen LogP contribution in [0.15, 0.2) is 48.2 Å². The van der Waals surface area contributed by atoms with Crippen molar-refractivity contribution in [3.63, 3.8) is 0 Å². The molecule has 13 heteroatoms. The van der Waals surface area contributed by atoms with E-state index in [1.165, 1.54) is 75.5 Å². The summed E-state index contributed by atoms with van der Waals surface area (Å²) in [6, 6.07) is 8.87. The Hall–Kier alpha value is -4.23. The molecule has 4 saturated carbocycles. The number of ether oxygens (including phenoxy) is 3. The van der Waals surface area contributed by atoms with Gasteiger partial charge in [-0.1, -0.05) is 83.3 Å². The van der Waals surface area contributed by atoms with Crippen molar-refractivity contribution < 1.29 is 28.6 Å². The SMILES string of the molecule is CNC(=O)c1cc(Oc2ccc3nc(N[C@H]4CCCC[C@@H]4OC(=O)NCCC(=O)NC(C)(C)CCOC(C)(C)C4CC[C@@]5(C)C(=CCC6C5CC[C@@]5(C)C6CC[C@@H]5[C@H](C)CCCC(C)C)C4)sc3c2)ccn1. The lowest BCUT2D eigenvalue weighted by Gasteiger charge is -2.59. The molecule has 72 heavy (non-hydrogen) atoms. The molecule has 3 amide bonds. The van der Waals surface area contributed by atoms with Gasteiger partial charge in [-0.25, -0.2) is 9.78 Å². The van der Waals surface area contributed by atoms with Crippen LogP contribution in [0.3, 0.4) is 0 Å². The number of allylic oxidation sites excluding steroid dienone is 2. The highest BCUT2D eigenvalue weighted by molar-refractivity contribution is 7.22. The minimum absolute atomic E-state index is 0.0979. The number of alkyl carbamates (subject to hydrolysis) is 1. The van der Waals surface area contributed by atoms with Gasteiger partial charge in [0.15, 0.2) is 5.13 Å². The molecule has 5 aliphatic rings. The summed E-state index contributed by atoms with van der Waals surface area (Å²) in [6.45, 7) is 22.1. The van der Waals surface area contributed by atoms with Crippen molar-refractivity contribution >= 4 is 44.6 Å². The molecular formula is C59H88N6O6S. The van der Waals surface area contributed by atoms with Crippen LogP contribution < -0.4 is 26.0 Å². The molecule has 0 radical (unpaired) electrons. The van der Waals surface area contributed by atoms with Crippen LogP contribution >= 0.6 is 11.3 Å². The molecule has 4 N–H and O–H groups in total. The fraction of sp³-hybridized carbons (Fsp3) is 0.712. The number of hydrogen-bond donors (Lipinski definition) is 4. The molecular weight excluding hydrogens is 921 g/mol. The normalized spacial score (nSPS) is 28.8. The molecule has 0 bridgehead atoms. The van der Waals surface area contributed by atoms with Crippen LogP contribution in [0.2, 0.25) is 0 Å². The zero-order valence-corrected chi connectivity index (χ0v) is 46.2. The highest BCUT2D eigenvalue weighted by Crippen LogP contribution is 2.68. The smallest absolute Gasteiger partial charge is 0.407 e. The van der Waals surface area contributed by atoms with Crippen LogP contribution in [0.4, 0.5) is 9.93 Å². The van der Waals surface area contributed by atoms with Crippen molar-refractivity contribution in [1.29, 1.82) is 0 Å². The Morgan fingerprint density at radius 3 is 2.50 bits per heavy atom. The van der Waals surface area contributed by atoms with E-state index >= 15 is 0 Å². The third-order valence-electron chi connectivity index (χ3n) is 18.6. The molecule has 5 aliphatic carbocycles. The van der Waals surface area contributed by atoms with Gasteiger partial charge in [-0.15, -0.1) is 0 Å². The number of pyridine rings is 1. The number of hydrogen-bond acceptors (Lipinski definition) is 10. The zero-order chi connectivity index (χ0) is 51.4. The monoisotopic (exact) mass is 1010 g/mol. The van der Waals surface area contributed by atoms with E-state index in [4.69, 9.17) is 19.2 Å². The summed E-state index contributed by atoms with van der Waals surface area (Å²) in [7, 11) is 1.56. The van der Waals surface area contributed by atoms with Crippen LogP contribution in [-0.4, -0.2) is 71.4 Å². The Morgan fingerprint density at radius 1 is 0.917 bits per heavy atom. The minimum atomic E-state index is -0.522. The number of fused-ring (bicyclic) bond motifs is 6. The third-order valence-corrected chi connectivity index (χ3v) is 19.6. The third kappa shape index (κ3) is 12.5. The van der Waals surface area contributed by atoms with Gasteiger partial charge in [-0.05, 0) is 175 Å². The Labute approximate surface area is 435 Å². The number of thiazole rings is 1. The van der Waals surface area contributed by atoms with Crippen LogP contribution in [0.1, 0.15) is 182 Å². The van der Waals surface area contributed by atoms with E-state index in [-0.39, 0.29) is 48.2 Å². The molecule has 2 aromatic heterocycles. The summed E-state index contributed by atoms with van der Waals surface area (Å²) in [4.78, 5) is 47.2. The second kappa shape index (κ2) is 22.7. The van der Waals surface area contributed by atoms with Crippen molar-refractivity contribution in [3.05, 3.63) is 53.9 Å². The summed E-state index contributed by atoms with van der Waals surface area (Å²) < 4.78 is 19.7. The summed E-state index contributed by atoms with van der Waals surface area (Å²) in [5.41, 5.74) is 2.92. The minimum Gasteiger partial charge on any atom is -0.457 e. The van der Waals surface area contributed by atoms with Gasteiger partial charge >= 0.3 is 6.09 Å². The molecule has 10 atom stereocenters. The summed E-state index contributed by atoms with van der Waals surface area (Å²) in [5, 5.41) is 12.9. The van der Waals surface area contributed by atoms with E-state index in [1.54, 1.807) is 31.0 Å². The first-order chi connectivity index (χ1) is 34.3. The van der Waals surface area contributed by atoms with Crippen LogP contribution in [0.25, 0.3) is 10.2 Å². The second-order valence-corrected chi connectivity index (χ2v) is 25.8. The molecule has 4 fully saturated rings. The van der Waals surface area contributed by atoms with Crippen LogP contribution in [-0.2, 0) is 14.3 Å². The van der Waals surface area contributed by atoms with E-state index in [2.05, 4.69) is 94.6 Å². The molecule has 396 valence electrons. The van der Waals surface area contributed by atoms with Crippen molar-refractivity contribution in [3.8, 4) is 11.5 Å². The molecule has 12 nitrogen and oxygen atoms in total. The summed E-state index contributed by atoms with van der Waals surface area (Å²) >= 11 is 1.50.